The van der Waals surface area contributed by atoms with Crippen molar-refractivity contribution in [2.75, 3.05) is 0 Å². The second-order valence-electron chi connectivity index (χ2n) is 3.38. The van der Waals surface area contributed by atoms with Gasteiger partial charge in [0.15, 0.2) is 0 Å². The van der Waals surface area contributed by atoms with Crippen LogP contribution >= 0.6 is 0 Å². The summed E-state index contributed by atoms with van der Waals surface area (Å²) in [6.45, 7) is 7.94. The van der Waals surface area contributed by atoms with Crippen molar-refractivity contribution in [1.29, 1.82) is 0 Å². The second kappa shape index (κ2) is 5.81. The van der Waals surface area contributed by atoms with Gasteiger partial charge in [0.05, 0.1) is 6.10 Å². The molecule has 0 aromatic heterocycles. The molecule has 0 aliphatic carbocycles. The standard InChI is InChI=1S/C10H18O2/c1-5-6-10(11)12-9(4)7-8(2)3/h5-6,8-9H,7H2,1-4H3/b6-5+. The van der Waals surface area contributed by atoms with Crippen molar-refractivity contribution in [3.63, 3.8) is 0 Å². The summed E-state index contributed by atoms with van der Waals surface area (Å²) >= 11 is 0. The molecule has 1 unspecified atom stereocenters. The fourth-order valence-electron chi connectivity index (χ4n) is 1.09. The molecule has 2 heteroatoms. The highest BCUT2D eigenvalue weighted by molar-refractivity contribution is 5.81. The summed E-state index contributed by atoms with van der Waals surface area (Å²) in [6, 6.07) is 0. The number of carbonyl (C=O) groups is 1. The minimum absolute atomic E-state index is 0.0219. The molecule has 0 saturated carbocycles. The van der Waals surface area contributed by atoms with Crippen LogP contribution in [0.4, 0.5) is 0 Å². The van der Waals surface area contributed by atoms with Crippen LogP contribution in [0, 0.1) is 5.92 Å². The first-order valence-electron chi connectivity index (χ1n) is 4.39. The highest BCUT2D eigenvalue weighted by atomic mass is 16.5. The van der Waals surface area contributed by atoms with E-state index in [0.717, 1.165) is 6.42 Å². The predicted molar refractivity (Wildman–Crippen MR) is 49.8 cm³/mol. The molecule has 0 bridgehead atoms. The lowest BCUT2D eigenvalue weighted by molar-refractivity contribution is -0.142. The van der Waals surface area contributed by atoms with Crippen LogP contribution in [-0.4, -0.2) is 12.1 Å². The number of rotatable bonds is 4. The van der Waals surface area contributed by atoms with Gasteiger partial charge in [-0.25, -0.2) is 4.79 Å². The molecule has 70 valence electrons. The van der Waals surface area contributed by atoms with E-state index < -0.39 is 0 Å². The van der Waals surface area contributed by atoms with Gasteiger partial charge < -0.3 is 4.74 Å². The van der Waals surface area contributed by atoms with Gasteiger partial charge in [0.2, 0.25) is 0 Å². The molecular weight excluding hydrogens is 152 g/mol. The molecule has 12 heavy (non-hydrogen) atoms. The molecule has 0 aliphatic rings. The van der Waals surface area contributed by atoms with Gasteiger partial charge in [-0.05, 0) is 26.2 Å². The van der Waals surface area contributed by atoms with Gasteiger partial charge in [-0.1, -0.05) is 19.9 Å². The van der Waals surface area contributed by atoms with Crippen molar-refractivity contribution in [3.05, 3.63) is 12.2 Å². The smallest absolute Gasteiger partial charge is 0.330 e. The summed E-state index contributed by atoms with van der Waals surface area (Å²) in [7, 11) is 0. The van der Waals surface area contributed by atoms with E-state index in [2.05, 4.69) is 13.8 Å². The molecule has 0 aliphatic heterocycles. The molecular formula is C10H18O2. The predicted octanol–water partition coefficient (Wildman–Crippen LogP) is 2.54. The Morgan fingerprint density at radius 3 is 2.42 bits per heavy atom. The molecule has 0 amide bonds. The first-order chi connectivity index (χ1) is 5.56. The average Bonchev–Trinajstić information content (AvgIpc) is 1.84. The Hall–Kier alpha value is -0.790. The van der Waals surface area contributed by atoms with Gasteiger partial charge in [-0.3, -0.25) is 0 Å². The van der Waals surface area contributed by atoms with Gasteiger partial charge in [0.1, 0.15) is 0 Å². The number of allylic oxidation sites excluding steroid dienone is 1. The van der Waals surface area contributed by atoms with Crippen molar-refractivity contribution in [3.8, 4) is 0 Å². The first kappa shape index (κ1) is 11.2. The number of esters is 1. The lowest BCUT2D eigenvalue weighted by atomic mass is 10.1. The Morgan fingerprint density at radius 2 is 2.00 bits per heavy atom. The number of hydrogen-bond acceptors (Lipinski definition) is 2. The third-order valence-corrected chi connectivity index (χ3v) is 1.42. The minimum atomic E-state index is -0.245. The van der Waals surface area contributed by atoms with E-state index >= 15 is 0 Å². The summed E-state index contributed by atoms with van der Waals surface area (Å²) in [4.78, 5) is 10.9. The van der Waals surface area contributed by atoms with Gasteiger partial charge in [0.25, 0.3) is 0 Å². The summed E-state index contributed by atoms with van der Waals surface area (Å²) < 4.78 is 5.08. The molecule has 0 saturated heterocycles. The van der Waals surface area contributed by atoms with Crippen LogP contribution in [0.2, 0.25) is 0 Å². The van der Waals surface area contributed by atoms with Crippen molar-refractivity contribution in [2.45, 2.75) is 40.2 Å². The maximum Gasteiger partial charge on any atom is 0.330 e. The summed E-state index contributed by atoms with van der Waals surface area (Å²) in [5.41, 5.74) is 0. The van der Waals surface area contributed by atoms with E-state index in [0.29, 0.717) is 5.92 Å². The lowest BCUT2D eigenvalue weighted by Crippen LogP contribution is -2.15. The lowest BCUT2D eigenvalue weighted by Gasteiger charge is -2.13. The van der Waals surface area contributed by atoms with Gasteiger partial charge in [-0.2, -0.15) is 0 Å². The normalized spacial score (nSPS) is 13.8. The number of ether oxygens (including phenoxy) is 1. The van der Waals surface area contributed by atoms with E-state index in [4.69, 9.17) is 4.74 Å². The van der Waals surface area contributed by atoms with Gasteiger partial charge >= 0.3 is 5.97 Å². The van der Waals surface area contributed by atoms with Crippen molar-refractivity contribution >= 4 is 5.97 Å². The van der Waals surface area contributed by atoms with Gasteiger partial charge in [-0.15, -0.1) is 0 Å². The molecule has 0 rings (SSSR count). The highest BCUT2D eigenvalue weighted by Crippen LogP contribution is 2.07. The Bertz CT molecular complexity index is 159. The van der Waals surface area contributed by atoms with E-state index in [9.17, 15) is 4.79 Å². The molecule has 0 fully saturated rings. The van der Waals surface area contributed by atoms with Crippen LogP contribution in [0.3, 0.4) is 0 Å². The molecule has 0 radical (unpaired) electrons. The fraction of sp³-hybridized carbons (Fsp3) is 0.700. The molecule has 2 nitrogen and oxygen atoms in total. The van der Waals surface area contributed by atoms with Crippen LogP contribution < -0.4 is 0 Å². The molecule has 0 heterocycles. The molecule has 0 aromatic carbocycles. The molecule has 1 atom stereocenters. The monoisotopic (exact) mass is 170 g/mol. The Labute approximate surface area is 74.6 Å². The minimum Gasteiger partial charge on any atom is -0.460 e. The fourth-order valence-corrected chi connectivity index (χ4v) is 1.09. The average molecular weight is 170 g/mol. The van der Waals surface area contributed by atoms with E-state index in [1.807, 2.05) is 6.92 Å². The van der Waals surface area contributed by atoms with E-state index in [1.54, 1.807) is 13.0 Å². The highest BCUT2D eigenvalue weighted by Gasteiger charge is 2.07. The SMILES string of the molecule is C/C=C/C(=O)OC(C)CC(C)C. The van der Waals surface area contributed by atoms with Crippen molar-refractivity contribution in [1.82, 2.24) is 0 Å². The van der Waals surface area contributed by atoms with Crippen LogP contribution in [0.25, 0.3) is 0 Å². The maximum absolute atomic E-state index is 10.9. The Morgan fingerprint density at radius 1 is 1.42 bits per heavy atom. The number of carbonyl (C=O) groups excluding carboxylic acids is 1. The molecule has 0 spiro atoms. The third kappa shape index (κ3) is 5.96. The summed E-state index contributed by atoms with van der Waals surface area (Å²) in [6.07, 6.45) is 4.07. The van der Waals surface area contributed by atoms with Crippen LogP contribution in [0.15, 0.2) is 12.2 Å². The maximum atomic E-state index is 10.9. The molecule has 0 N–H and O–H groups in total. The molecule has 0 aromatic rings. The number of hydrogen-bond donors (Lipinski definition) is 0. The largest absolute Gasteiger partial charge is 0.460 e. The van der Waals surface area contributed by atoms with E-state index in [1.165, 1.54) is 6.08 Å². The van der Waals surface area contributed by atoms with E-state index in [-0.39, 0.29) is 12.1 Å². The summed E-state index contributed by atoms with van der Waals surface area (Å²) in [5, 5.41) is 0. The van der Waals surface area contributed by atoms with Crippen LogP contribution in [0.1, 0.15) is 34.1 Å². The zero-order valence-corrected chi connectivity index (χ0v) is 8.33. The van der Waals surface area contributed by atoms with Gasteiger partial charge in [0, 0.05) is 6.08 Å². The van der Waals surface area contributed by atoms with Crippen molar-refractivity contribution in [2.24, 2.45) is 5.92 Å². The first-order valence-corrected chi connectivity index (χ1v) is 4.39. The van der Waals surface area contributed by atoms with Crippen molar-refractivity contribution < 1.29 is 9.53 Å². The zero-order chi connectivity index (χ0) is 9.56. The zero-order valence-electron chi connectivity index (χ0n) is 8.33. The Balaban J connectivity index is 3.68. The third-order valence-electron chi connectivity index (χ3n) is 1.42. The summed E-state index contributed by atoms with van der Waals surface area (Å²) in [5.74, 6) is 0.323. The quantitative estimate of drug-likeness (QED) is 0.478. The second-order valence-corrected chi connectivity index (χ2v) is 3.38. The topological polar surface area (TPSA) is 26.3 Å². The van der Waals surface area contributed by atoms with Crippen LogP contribution in [-0.2, 0) is 9.53 Å². The van der Waals surface area contributed by atoms with Crippen LogP contribution in [0.5, 0.6) is 0 Å². The Kier molecular flexibility index (Phi) is 5.43.